The van der Waals surface area contributed by atoms with Gasteiger partial charge in [-0.15, -0.1) is 0 Å². The van der Waals surface area contributed by atoms with Gasteiger partial charge in [-0.25, -0.2) is 9.69 Å². The van der Waals surface area contributed by atoms with Crippen molar-refractivity contribution in [1.29, 1.82) is 0 Å². The summed E-state index contributed by atoms with van der Waals surface area (Å²) in [5.74, 6) is 2.45. The number of nitrogens with one attached hydrogen (secondary N) is 1. The molecule has 3 fully saturated rings. The third-order valence-electron chi connectivity index (χ3n) is 15.0. The second kappa shape index (κ2) is 21.9. The first-order chi connectivity index (χ1) is 36.9. The van der Waals surface area contributed by atoms with E-state index in [0.717, 1.165) is 30.6 Å². The van der Waals surface area contributed by atoms with Crippen LogP contribution in [0.4, 0.5) is 16.2 Å². The van der Waals surface area contributed by atoms with E-state index in [-0.39, 0.29) is 36.7 Å². The van der Waals surface area contributed by atoms with Gasteiger partial charge in [0, 0.05) is 24.2 Å². The molecule has 4 aliphatic rings. The summed E-state index contributed by atoms with van der Waals surface area (Å²) in [6, 6.07) is 40.4. The van der Waals surface area contributed by atoms with E-state index >= 15 is 14.4 Å². The number of esters is 1. The van der Waals surface area contributed by atoms with E-state index in [0.29, 0.717) is 52.0 Å². The number of carbonyl (C=O) groups is 4. The molecule has 0 aromatic heterocycles. The van der Waals surface area contributed by atoms with Crippen molar-refractivity contribution in [2.45, 2.75) is 86.5 Å². The molecule has 10 rings (SSSR count). The molecule has 16 nitrogen and oxygen atoms in total. The number of nitrogens with zero attached hydrogens (tertiary/aromatic N) is 3. The number of nitro benzene ring substituents is 1. The van der Waals surface area contributed by atoms with Gasteiger partial charge >= 0.3 is 12.1 Å². The average molecular weight is 1030 g/mol. The molecule has 3 amide bonds. The molecule has 388 valence electrons. The maximum atomic E-state index is 16.7. The van der Waals surface area contributed by atoms with Crippen LogP contribution in [0.5, 0.6) is 5.75 Å². The maximum Gasteiger partial charge on any atom is 0.421 e. The number of fused-ring (bicyclic) bond motifs is 3. The third kappa shape index (κ3) is 9.81. The molecule has 7 unspecified atom stereocenters. The molecule has 1 spiro atoms. The van der Waals surface area contributed by atoms with Crippen molar-refractivity contribution >= 4 is 35.3 Å². The molecule has 16 heteroatoms. The number of anilines is 1. The summed E-state index contributed by atoms with van der Waals surface area (Å²) >= 11 is 0. The van der Waals surface area contributed by atoms with Crippen LogP contribution < -0.4 is 15.0 Å². The summed E-state index contributed by atoms with van der Waals surface area (Å²) < 4.78 is 18.3. The van der Waals surface area contributed by atoms with Crippen molar-refractivity contribution in [3.05, 3.63) is 207 Å². The van der Waals surface area contributed by atoms with Crippen molar-refractivity contribution in [3.63, 3.8) is 0 Å². The van der Waals surface area contributed by atoms with Crippen LogP contribution in [0.15, 0.2) is 158 Å². The first kappa shape index (κ1) is 51.3. The second-order valence-electron chi connectivity index (χ2n) is 19.6. The molecule has 6 aromatic rings. The lowest BCUT2D eigenvalue weighted by atomic mass is 9.65. The molecule has 6 aromatic carbocycles. The number of nitro groups is 1. The number of rotatable bonds is 13. The van der Waals surface area contributed by atoms with Gasteiger partial charge in [0.25, 0.3) is 5.69 Å². The predicted molar refractivity (Wildman–Crippen MR) is 278 cm³/mol. The number of hydrogen-bond donors (Lipinski definition) is 4. The summed E-state index contributed by atoms with van der Waals surface area (Å²) in [5.41, 5.74) is -0.504. The first-order valence-electron chi connectivity index (χ1n) is 25.5. The van der Waals surface area contributed by atoms with Crippen molar-refractivity contribution in [3.8, 4) is 17.6 Å². The van der Waals surface area contributed by atoms with Crippen molar-refractivity contribution in [2.24, 2.45) is 5.92 Å². The van der Waals surface area contributed by atoms with Crippen LogP contribution in [0.1, 0.15) is 102 Å². The molecule has 3 aliphatic heterocycles. The normalized spacial score (nSPS) is 23.0. The standard InChI is InChI=1S/C60H56N4O12/c65-34-35-74-46-27-23-44(24-28-46)54-60(47-36-39(30-33-59(71)31-12-1-2-13-32-59)22-29-48(47)62(57(60)69)58(70)75-38-40-20-25-45(26-21-40)64(72)73)50(55(67)61-37-49(66)41-14-6-3-7-15-41)52-56(68)76-53(43-18-10-5-11-19-43)51(63(52)54)42-16-8-4-9-17-42/h3-11,14-29,36,49-54,65-66,71H,1-2,12-13,31-32,34-35,37-38H2,(H,61,67). The lowest BCUT2D eigenvalue weighted by Gasteiger charge is -2.46. The number of cyclic esters (lactones) is 1. The first-order valence-corrected chi connectivity index (χ1v) is 25.5. The zero-order valence-electron chi connectivity index (χ0n) is 41.4. The summed E-state index contributed by atoms with van der Waals surface area (Å²) in [7, 11) is 0. The van der Waals surface area contributed by atoms with Crippen LogP contribution in [0.2, 0.25) is 0 Å². The van der Waals surface area contributed by atoms with Gasteiger partial charge in [0.15, 0.2) is 0 Å². The van der Waals surface area contributed by atoms with Gasteiger partial charge in [-0.05, 0) is 102 Å². The Morgan fingerprint density at radius 3 is 2.09 bits per heavy atom. The van der Waals surface area contributed by atoms with E-state index in [1.165, 1.54) is 24.3 Å². The number of amides is 3. The molecule has 7 atom stereocenters. The quantitative estimate of drug-likeness (QED) is 0.0282. The van der Waals surface area contributed by atoms with Crippen LogP contribution in [0, 0.1) is 27.9 Å². The average Bonchev–Trinajstić information content (AvgIpc) is 4.03. The van der Waals surface area contributed by atoms with Gasteiger partial charge in [-0.3, -0.25) is 29.4 Å². The molecular formula is C60H56N4O12. The van der Waals surface area contributed by atoms with E-state index in [2.05, 4.69) is 17.2 Å². The molecule has 1 saturated carbocycles. The van der Waals surface area contributed by atoms with Crippen molar-refractivity contribution < 1.29 is 53.6 Å². The number of ether oxygens (including phenoxy) is 3. The number of benzene rings is 6. The Morgan fingerprint density at radius 2 is 1.45 bits per heavy atom. The van der Waals surface area contributed by atoms with Gasteiger partial charge in [-0.1, -0.05) is 128 Å². The molecule has 4 N–H and O–H groups in total. The van der Waals surface area contributed by atoms with Crippen LogP contribution in [-0.2, 0) is 35.9 Å². The van der Waals surface area contributed by atoms with Gasteiger partial charge in [-0.2, -0.15) is 0 Å². The summed E-state index contributed by atoms with van der Waals surface area (Å²) in [5, 5.41) is 47.4. The smallest absolute Gasteiger partial charge is 0.421 e. The Morgan fingerprint density at radius 1 is 0.803 bits per heavy atom. The number of aliphatic hydroxyl groups excluding tert-OH is 2. The Bertz CT molecular complexity index is 3160. The van der Waals surface area contributed by atoms with Gasteiger partial charge in [0.2, 0.25) is 11.8 Å². The Hall–Kier alpha value is -8.20. The number of carbonyl (C=O) groups excluding carboxylic acids is 4. The number of morpholine rings is 1. The minimum Gasteiger partial charge on any atom is -0.491 e. The minimum atomic E-state index is -2.21. The number of non-ortho nitro benzene ring substituents is 1. The van der Waals surface area contributed by atoms with E-state index in [1.54, 1.807) is 72.8 Å². The molecule has 76 heavy (non-hydrogen) atoms. The molecule has 0 bridgehead atoms. The zero-order valence-corrected chi connectivity index (χ0v) is 41.4. The third-order valence-corrected chi connectivity index (χ3v) is 15.0. The van der Waals surface area contributed by atoms with Crippen molar-refractivity contribution in [2.75, 3.05) is 24.7 Å². The molecule has 1 aliphatic carbocycles. The monoisotopic (exact) mass is 1020 g/mol. The zero-order chi connectivity index (χ0) is 53.0. The van der Waals surface area contributed by atoms with E-state index < -0.39 is 82.7 Å². The fraction of sp³-hybridized carbons (Fsp3) is 0.300. The highest BCUT2D eigenvalue weighted by Gasteiger charge is 2.75. The van der Waals surface area contributed by atoms with E-state index in [4.69, 9.17) is 14.2 Å². The number of imide groups is 1. The lowest BCUT2D eigenvalue weighted by molar-refractivity contribution is -0.384. The predicted octanol–water partition coefficient (Wildman–Crippen LogP) is 8.25. The lowest BCUT2D eigenvalue weighted by Crippen LogP contribution is -2.56. The highest BCUT2D eigenvalue weighted by molar-refractivity contribution is 6.23. The molecule has 0 radical (unpaired) electrons. The summed E-state index contributed by atoms with van der Waals surface area (Å²) in [6.07, 6.45) is 1.05. The van der Waals surface area contributed by atoms with Gasteiger partial charge in [0.05, 0.1) is 41.3 Å². The van der Waals surface area contributed by atoms with Gasteiger partial charge in [0.1, 0.15) is 42.1 Å². The fourth-order valence-electron chi connectivity index (χ4n) is 11.5. The van der Waals surface area contributed by atoms with Gasteiger partial charge < -0.3 is 34.8 Å². The Kier molecular flexibility index (Phi) is 14.8. The Balaban J connectivity index is 1.22. The SMILES string of the molecule is O=C1OC(c2ccccc2)C(c2ccccc2)N2C1C(C(=O)NCC(O)c1ccccc1)C1(C(=O)N(C(=O)OCc3ccc([N+](=O)[O-])cc3)c3ccc(C#CC4(O)CCCCCC4)cc31)C2c1ccc(OCCO)cc1. The molecule has 3 heterocycles. The van der Waals surface area contributed by atoms with Crippen molar-refractivity contribution in [1.82, 2.24) is 10.2 Å². The second-order valence-corrected chi connectivity index (χ2v) is 19.6. The topological polar surface area (TPSA) is 218 Å². The minimum absolute atomic E-state index is 0.0135. The van der Waals surface area contributed by atoms with Crippen LogP contribution in [0.3, 0.4) is 0 Å². The van der Waals surface area contributed by atoms with E-state index in [9.17, 15) is 30.2 Å². The highest BCUT2D eigenvalue weighted by Crippen LogP contribution is 2.66. The molecule has 2 saturated heterocycles. The molecular weight excluding hydrogens is 969 g/mol. The van der Waals surface area contributed by atoms with Crippen LogP contribution in [-0.4, -0.2) is 80.4 Å². The largest absolute Gasteiger partial charge is 0.491 e. The van der Waals surface area contributed by atoms with Crippen LogP contribution >= 0.6 is 0 Å². The summed E-state index contributed by atoms with van der Waals surface area (Å²) in [4.78, 5) is 76.7. The number of aliphatic hydroxyl groups is 3. The number of hydrogen-bond acceptors (Lipinski definition) is 13. The van der Waals surface area contributed by atoms with E-state index in [1.807, 2.05) is 65.6 Å². The van der Waals surface area contributed by atoms with Crippen LogP contribution in [0.25, 0.3) is 0 Å². The summed E-state index contributed by atoms with van der Waals surface area (Å²) in [6.45, 7) is -1.01. The fourth-order valence-corrected chi connectivity index (χ4v) is 11.5. The highest BCUT2D eigenvalue weighted by atomic mass is 16.6. The maximum absolute atomic E-state index is 16.7. The Labute approximate surface area is 439 Å².